The number of benzene rings is 2. The average molecular weight is 610 g/mol. The number of carboxylic acids is 1. The Hall–Kier alpha value is -5.23. The number of aromatic nitrogens is 3. The van der Waals surface area contributed by atoms with Crippen molar-refractivity contribution < 1.29 is 37.2 Å². The average Bonchev–Trinajstić information content (AvgIpc) is 3.87. The number of nitrogens with zero attached hydrogens (tertiary/aromatic N) is 4. The van der Waals surface area contributed by atoms with Crippen molar-refractivity contribution in [2.24, 2.45) is 5.73 Å². The van der Waals surface area contributed by atoms with E-state index in [1.807, 2.05) is 53.1 Å². The fourth-order valence-electron chi connectivity index (χ4n) is 4.52. The molecule has 44 heavy (non-hydrogen) atoms. The second kappa shape index (κ2) is 11.1. The lowest BCUT2D eigenvalue weighted by atomic mass is 10.1. The molecule has 4 aromatic rings. The summed E-state index contributed by atoms with van der Waals surface area (Å²) in [6.45, 7) is 2.12. The molecule has 12 nitrogen and oxygen atoms in total. The number of para-hydroxylation sites is 1. The standard InChI is InChI=1S/C23H20N6O2.C6H6F3NO3/c1-14-27-21(28-31-14)20-18(12-24)17-4-2-3-5-19(17)29(20)16-8-6-15(7-9-16)13-26-22(30)23(25)10-11-23;7-6(8,9)3(11)10-5(1-2-5)4(12)13/h2-9H,10-11,13,25H2,1H3,(H,26,30);1-2H2,(H,10,11)(H,12,13). The molecule has 0 bridgehead atoms. The maximum Gasteiger partial charge on any atom is 0.471 e. The smallest absolute Gasteiger partial charge is 0.471 e. The van der Waals surface area contributed by atoms with Gasteiger partial charge in [-0.05, 0) is 49.4 Å². The minimum Gasteiger partial charge on any atom is -0.480 e. The largest absolute Gasteiger partial charge is 0.480 e. The number of nitriles is 1. The van der Waals surface area contributed by atoms with Gasteiger partial charge in [-0.2, -0.15) is 23.4 Å². The van der Waals surface area contributed by atoms with Crippen LogP contribution in [0.15, 0.2) is 53.1 Å². The summed E-state index contributed by atoms with van der Waals surface area (Å²) in [5.41, 5.74) is 7.33. The predicted octanol–water partition coefficient (Wildman–Crippen LogP) is 3.25. The first-order valence-corrected chi connectivity index (χ1v) is 13.4. The first kappa shape index (κ1) is 30.2. The number of nitrogens with one attached hydrogen (secondary N) is 2. The van der Waals surface area contributed by atoms with Gasteiger partial charge >= 0.3 is 18.1 Å². The molecular formula is C29H26F3N7O5. The Kier molecular flexibility index (Phi) is 7.64. The summed E-state index contributed by atoms with van der Waals surface area (Å²) in [5.74, 6) is -2.95. The van der Waals surface area contributed by atoms with Crippen LogP contribution >= 0.6 is 0 Å². The third-order valence-electron chi connectivity index (χ3n) is 7.38. The predicted molar refractivity (Wildman–Crippen MR) is 148 cm³/mol. The summed E-state index contributed by atoms with van der Waals surface area (Å²) in [5, 5.41) is 27.5. The lowest BCUT2D eigenvalue weighted by Gasteiger charge is -2.13. The van der Waals surface area contributed by atoms with E-state index in [2.05, 4.69) is 21.5 Å². The zero-order chi connectivity index (χ0) is 31.9. The van der Waals surface area contributed by atoms with Crippen LogP contribution in [0.3, 0.4) is 0 Å². The summed E-state index contributed by atoms with van der Waals surface area (Å²) in [6, 6.07) is 17.8. The normalized spacial score (nSPS) is 15.8. The highest BCUT2D eigenvalue weighted by Gasteiger charge is 2.55. The van der Waals surface area contributed by atoms with Crippen molar-refractivity contribution in [3.05, 3.63) is 65.5 Å². The molecule has 2 aliphatic rings. The van der Waals surface area contributed by atoms with Gasteiger partial charge in [0.1, 0.15) is 17.3 Å². The second-order valence-corrected chi connectivity index (χ2v) is 10.7. The fraction of sp³-hybridized carbons (Fsp3) is 0.310. The number of hydrogen-bond acceptors (Lipinski definition) is 8. The molecule has 5 N–H and O–H groups in total. The summed E-state index contributed by atoms with van der Waals surface area (Å²) in [4.78, 5) is 37.1. The van der Waals surface area contributed by atoms with Gasteiger partial charge in [0.05, 0.1) is 16.6 Å². The minimum atomic E-state index is -5.02. The molecule has 0 saturated heterocycles. The van der Waals surface area contributed by atoms with E-state index in [-0.39, 0.29) is 18.7 Å². The Labute approximate surface area is 247 Å². The van der Waals surface area contributed by atoms with Crippen molar-refractivity contribution in [1.82, 2.24) is 25.3 Å². The van der Waals surface area contributed by atoms with Crippen LogP contribution in [0, 0.1) is 18.3 Å². The molecule has 2 heterocycles. The van der Waals surface area contributed by atoms with E-state index in [9.17, 15) is 32.8 Å². The van der Waals surface area contributed by atoms with Crippen molar-refractivity contribution >= 4 is 28.7 Å². The molecule has 0 aliphatic heterocycles. The number of carboxylic acid groups (broad SMARTS) is 1. The first-order chi connectivity index (χ1) is 20.8. The zero-order valence-corrected chi connectivity index (χ0v) is 23.2. The third-order valence-corrected chi connectivity index (χ3v) is 7.38. The number of aliphatic carboxylic acids is 1. The summed E-state index contributed by atoms with van der Waals surface area (Å²) in [7, 11) is 0. The lowest BCUT2D eigenvalue weighted by molar-refractivity contribution is -0.176. The summed E-state index contributed by atoms with van der Waals surface area (Å²) >= 11 is 0. The molecule has 0 radical (unpaired) electrons. The van der Waals surface area contributed by atoms with Crippen molar-refractivity contribution in [2.45, 2.75) is 56.4 Å². The fourth-order valence-corrected chi connectivity index (χ4v) is 4.52. The molecule has 2 saturated carbocycles. The lowest BCUT2D eigenvalue weighted by Crippen LogP contribution is -2.48. The quantitative estimate of drug-likeness (QED) is 0.244. The van der Waals surface area contributed by atoms with Crippen LogP contribution in [-0.4, -0.2) is 54.9 Å². The van der Waals surface area contributed by atoms with Crippen LogP contribution in [0.25, 0.3) is 28.1 Å². The maximum absolute atomic E-state index is 12.1. The Morgan fingerprint density at radius 2 is 1.77 bits per heavy atom. The van der Waals surface area contributed by atoms with Gasteiger partial charge in [-0.25, -0.2) is 4.79 Å². The molecule has 2 aliphatic carbocycles. The number of nitrogens with two attached hydrogens (primary N) is 1. The van der Waals surface area contributed by atoms with Crippen molar-refractivity contribution in [2.75, 3.05) is 0 Å². The maximum atomic E-state index is 12.1. The summed E-state index contributed by atoms with van der Waals surface area (Å²) in [6.07, 6.45) is -3.46. The van der Waals surface area contributed by atoms with Gasteiger partial charge in [0.2, 0.25) is 17.6 Å². The first-order valence-electron chi connectivity index (χ1n) is 13.4. The van der Waals surface area contributed by atoms with E-state index in [4.69, 9.17) is 15.4 Å². The van der Waals surface area contributed by atoms with Crippen molar-refractivity contribution in [3.63, 3.8) is 0 Å². The van der Waals surface area contributed by atoms with Crippen LogP contribution in [0.4, 0.5) is 13.2 Å². The second-order valence-electron chi connectivity index (χ2n) is 10.7. The van der Waals surface area contributed by atoms with Gasteiger partial charge in [-0.3, -0.25) is 9.59 Å². The van der Waals surface area contributed by atoms with Gasteiger partial charge in [-0.1, -0.05) is 35.5 Å². The Balaban J connectivity index is 0.000000249. The number of halogens is 3. The third kappa shape index (κ3) is 5.97. The van der Waals surface area contributed by atoms with Crippen molar-refractivity contribution in [3.8, 4) is 23.3 Å². The van der Waals surface area contributed by atoms with Crippen LogP contribution in [0.5, 0.6) is 0 Å². The topological polar surface area (TPSA) is 189 Å². The molecule has 2 amide bonds. The molecule has 2 aromatic heterocycles. The molecule has 2 fully saturated rings. The Bertz CT molecular complexity index is 1800. The molecule has 2 aromatic carbocycles. The molecule has 228 valence electrons. The van der Waals surface area contributed by atoms with Crippen LogP contribution in [0.1, 0.15) is 42.7 Å². The SMILES string of the molecule is Cc1nc(-c2c(C#N)c3ccccc3n2-c2ccc(CNC(=O)C3(N)CC3)cc2)no1.O=C(NC1(C(=O)O)CC1)C(F)(F)F. The molecule has 15 heteroatoms. The zero-order valence-electron chi connectivity index (χ0n) is 23.2. The van der Waals surface area contributed by atoms with E-state index in [0.29, 0.717) is 29.5 Å². The van der Waals surface area contributed by atoms with Gasteiger partial charge in [-0.15, -0.1) is 0 Å². The van der Waals surface area contributed by atoms with E-state index >= 15 is 0 Å². The highest BCUT2D eigenvalue weighted by atomic mass is 19.4. The monoisotopic (exact) mass is 609 g/mol. The number of amides is 2. The van der Waals surface area contributed by atoms with Gasteiger partial charge in [0.15, 0.2) is 0 Å². The minimum absolute atomic E-state index is 0.0458. The van der Waals surface area contributed by atoms with Crippen LogP contribution < -0.4 is 16.4 Å². The number of alkyl halides is 3. The van der Waals surface area contributed by atoms with E-state index in [1.54, 1.807) is 6.92 Å². The molecule has 6 rings (SSSR count). The van der Waals surface area contributed by atoms with Crippen molar-refractivity contribution in [1.29, 1.82) is 5.26 Å². The van der Waals surface area contributed by atoms with E-state index in [0.717, 1.165) is 35.0 Å². The van der Waals surface area contributed by atoms with Crippen LogP contribution in [-0.2, 0) is 20.9 Å². The summed E-state index contributed by atoms with van der Waals surface area (Å²) < 4.78 is 42.1. The molecule has 0 spiro atoms. The highest BCUT2D eigenvalue weighted by Crippen LogP contribution is 2.37. The highest BCUT2D eigenvalue weighted by molar-refractivity contribution is 5.95. The number of carbonyl (C=O) groups is 3. The Morgan fingerprint density at radius 3 is 2.30 bits per heavy atom. The molecule has 0 unspecified atom stereocenters. The number of carbonyl (C=O) groups excluding carboxylic acids is 2. The van der Waals surface area contributed by atoms with Crippen LogP contribution in [0.2, 0.25) is 0 Å². The van der Waals surface area contributed by atoms with E-state index in [1.165, 1.54) is 5.32 Å². The molecule has 0 atom stereocenters. The molecular weight excluding hydrogens is 583 g/mol. The van der Waals surface area contributed by atoms with E-state index < -0.39 is 29.1 Å². The number of aryl methyl sites for hydroxylation is 1. The number of hydrogen-bond donors (Lipinski definition) is 4. The van der Waals surface area contributed by atoms with Gasteiger partial charge in [0.25, 0.3) is 0 Å². The van der Waals surface area contributed by atoms with Gasteiger partial charge < -0.3 is 30.6 Å². The number of fused-ring (bicyclic) bond motifs is 1. The van der Waals surface area contributed by atoms with Gasteiger partial charge in [0, 0.05) is 24.5 Å². The number of rotatable bonds is 7. The Morgan fingerprint density at radius 1 is 1.11 bits per heavy atom.